The Labute approximate surface area is 231 Å². The maximum Gasteiger partial charge on any atom is 0.411 e. The number of ether oxygens (including phenoxy) is 4. The summed E-state index contributed by atoms with van der Waals surface area (Å²) in [6.07, 6.45) is 2.64. The number of morpholine rings is 1. The van der Waals surface area contributed by atoms with E-state index in [1.54, 1.807) is 17.8 Å². The number of aryl methyl sites for hydroxylation is 1. The molecule has 2 aromatic heterocycles. The minimum absolute atomic E-state index is 0.278. The molecule has 2 aromatic carbocycles. The number of aromatic nitrogens is 2. The predicted molar refractivity (Wildman–Crippen MR) is 150 cm³/mol. The van der Waals surface area contributed by atoms with Crippen molar-refractivity contribution in [3.63, 3.8) is 0 Å². The SMILES string of the molecule is COc1ccc(Oc2ccc(Nc3c(C#N)cnn4cc(NC(=O)OCCN5CCOCC5)c(C)c34)cc2)cc1. The molecule has 40 heavy (non-hydrogen) atoms. The highest BCUT2D eigenvalue weighted by Crippen LogP contribution is 2.33. The number of methoxy groups -OCH3 is 1. The van der Waals surface area contributed by atoms with Gasteiger partial charge in [-0.2, -0.15) is 10.4 Å². The predicted octanol–water partition coefficient (Wildman–Crippen LogP) is 4.94. The van der Waals surface area contributed by atoms with Crippen LogP contribution in [0.25, 0.3) is 5.52 Å². The van der Waals surface area contributed by atoms with E-state index in [1.807, 2.05) is 55.5 Å². The average Bonchev–Trinajstić information content (AvgIpc) is 3.30. The number of amides is 1. The third-order valence-corrected chi connectivity index (χ3v) is 6.58. The fourth-order valence-electron chi connectivity index (χ4n) is 4.39. The van der Waals surface area contributed by atoms with Crippen LogP contribution in [0.5, 0.6) is 17.2 Å². The normalized spacial score (nSPS) is 13.4. The van der Waals surface area contributed by atoms with E-state index in [4.69, 9.17) is 18.9 Å². The number of carbonyl (C=O) groups is 1. The molecule has 2 N–H and O–H groups in total. The lowest BCUT2D eigenvalue weighted by molar-refractivity contribution is 0.0290. The third kappa shape index (κ3) is 6.26. The molecule has 4 aromatic rings. The number of anilines is 3. The van der Waals surface area contributed by atoms with Gasteiger partial charge in [0.15, 0.2) is 0 Å². The molecule has 0 unspecified atom stereocenters. The second-order valence-corrected chi connectivity index (χ2v) is 9.15. The minimum Gasteiger partial charge on any atom is -0.497 e. The van der Waals surface area contributed by atoms with Crippen LogP contribution in [-0.2, 0) is 9.47 Å². The number of nitrogens with zero attached hydrogens (tertiary/aromatic N) is 4. The van der Waals surface area contributed by atoms with Gasteiger partial charge in [-0.3, -0.25) is 10.2 Å². The number of hydrogen-bond acceptors (Lipinski definition) is 9. The number of hydrogen-bond donors (Lipinski definition) is 2. The summed E-state index contributed by atoms with van der Waals surface area (Å²) in [5.41, 5.74) is 3.66. The first kappa shape index (κ1) is 26.8. The lowest BCUT2D eigenvalue weighted by Crippen LogP contribution is -2.38. The Morgan fingerprint density at radius 1 is 1.07 bits per heavy atom. The summed E-state index contributed by atoms with van der Waals surface area (Å²) in [4.78, 5) is 14.7. The van der Waals surface area contributed by atoms with Gasteiger partial charge in [0.25, 0.3) is 0 Å². The first-order chi connectivity index (χ1) is 19.5. The molecule has 206 valence electrons. The standard InChI is InChI=1S/C29H30N6O5/c1-20-26(33-29(36)39-16-13-34-11-14-38-15-12-34)19-35-28(20)27(21(17-30)18-31-35)32-22-3-5-24(6-4-22)40-25-9-7-23(37-2)8-10-25/h3-10,18-19,32H,11-16H2,1-2H3,(H,33,36). The molecular formula is C29H30N6O5. The van der Waals surface area contributed by atoms with E-state index < -0.39 is 6.09 Å². The number of carbonyl (C=O) groups excluding carboxylic acids is 1. The van der Waals surface area contributed by atoms with Crippen LogP contribution in [-0.4, -0.2) is 67.2 Å². The summed E-state index contributed by atoms with van der Waals surface area (Å²) < 4.78 is 23.4. The van der Waals surface area contributed by atoms with Crippen molar-refractivity contribution in [2.75, 3.05) is 57.2 Å². The summed E-state index contributed by atoms with van der Waals surface area (Å²) in [6.45, 7) is 5.83. The highest BCUT2D eigenvalue weighted by atomic mass is 16.5. The van der Waals surface area contributed by atoms with Crippen LogP contribution in [0.4, 0.5) is 21.9 Å². The van der Waals surface area contributed by atoms with Gasteiger partial charge in [0.05, 0.1) is 55.2 Å². The molecule has 0 saturated carbocycles. The van der Waals surface area contributed by atoms with Gasteiger partial charge in [0.2, 0.25) is 0 Å². The third-order valence-electron chi connectivity index (χ3n) is 6.58. The first-order valence-electron chi connectivity index (χ1n) is 12.9. The molecule has 11 heteroatoms. The fourth-order valence-corrected chi connectivity index (χ4v) is 4.39. The lowest BCUT2D eigenvalue weighted by Gasteiger charge is -2.26. The van der Waals surface area contributed by atoms with Crippen molar-refractivity contribution in [2.24, 2.45) is 0 Å². The molecule has 3 heterocycles. The Morgan fingerprint density at radius 2 is 1.75 bits per heavy atom. The molecule has 0 radical (unpaired) electrons. The molecular weight excluding hydrogens is 512 g/mol. The van der Waals surface area contributed by atoms with Gasteiger partial charge < -0.3 is 24.3 Å². The number of nitriles is 1. The molecule has 1 fully saturated rings. The first-order valence-corrected chi connectivity index (χ1v) is 12.9. The Hall–Kier alpha value is -4.79. The number of rotatable bonds is 9. The van der Waals surface area contributed by atoms with Gasteiger partial charge in [-0.25, -0.2) is 9.31 Å². The number of nitrogens with one attached hydrogen (secondary N) is 2. The second kappa shape index (κ2) is 12.4. The topological polar surface area (TPSA) is 122 Å². The van der Waals surface area contributed by atoms with Crippen molar-refractivity contribution in [2.45, 2.75) is 6.92 Å². The smallest absolute Gasteiger partial charge is 0.411 e. The quantitative estimate of drug-likeness (QED) is 0.303. The Kier molecular flexibility index (Phi) is 8.29. The van der Waals surface area contributed by atoms with E-state index in [0.29, 0.717) is 53.7 Å². The summed E-state index contributed by atoms with van der Waals surface area (Å²) >= 11 is 0. The summed E-state index contributed by atoms with van der Waals surface area (Å²) in [5, 5.41) is 20.3. The summed E-state index contributed by atoms with van der Waals surface area (Å²) in [6, 6.07) is 16.9. The van der Waals surface area contributed by atoms with Gasteiger partial charge >= 0.3 is 6.09 Å². The van der Waals surface area contributed by atoms with Crippen molar-refractivity contribution in [1.29, 1.82) is 5.26 Å². The zero-order valence-electron chi connectivity index (χ0n) is 22.3. The van der Waals surface area contributed by atoms with E-state index in [9.17, 15) is 10.1 Å². The highest BCUT2D eigenvalue weighted by Gasteiger charge is 2.18. The average molecular weight is 543 g/mol. The number of fused-ring (bicyclic) bond motifs is 1. The van der Waals surface area contributed by atoms with E-state index in [2.05, 4.69) is 26.7 Å². The Bertz CT molecular complexity index is 1510. The van der Waals surface area contributed by atoms with Crippen LogP contribution in [0, 0.1) is 18.3 Å². The van der Waals surface area contributed by atoms with Crippen molar-refractivity contribution in [3.8, 4) is 23.3 Å². The van der Waals surface area contributed by atoms with Crippen LogP contribution in [0.2, 0.25) is 0 Å². The zero-order valence-corrected chi connectivity index (χ0v) is 22.3. The largest absolute Gasteiger partial charge is 0.497 e. The van der Waals surface area contributed by atoms with Crippen LogP contribution < -0.4 is 20.1 Å². The molecule has 0 bridgehead atoms. The van der Waals surface area contributed by atoms with Gasteiger partial charge in [-0.1, -0.05) is 0 Å². The van der Waals surface area contributed by atoms with Crippen molar-refractivity contribution in [3.05, 3.63) is 72.1 Å². The molecule has 11 nitrogen and oxygen atoms in total. The maximum absolute atomic E-state index is 12.5. The zero-order chi connectivity index (χ0) is 27.9. The van der Waals surface area contributed by atoms with Gasteiger partial charge in [-0.15, -0.1) is 0 Å². The molecule has 5 rings (SSSR count). The fraction of sp³-hybridized carbons (Fsp3) is 0.276. The Balaban J connectivity index is 1.28. The monoisotopic (exact) mass is 542 g/mol. The van der Waals surface area contributed by atoms with Crippen LogP contribution in [0.1, 0.15) is 11.1 Å². The molecule has 1 aliphatic heterocycles. The molecule has 1 amide bonds. The molecule has 1 saturated heterocycles. The highest BCUT2D eigenvalue weighted by molar-refractivity contribution is 5.92. The molecule has 1 aliphatic rings. The summed E-state index contributed by atoms with van der Waals surface area (Å²) in [7, 11) is 1.62. The van der Waals surface area contributed by atoms with Gasteiger partial charge in [0.1, 0.15) is 29.9 Å². The van der Waals surface area contributed by atoms with Crippen molar-refractivity contribution >= 4 is 28.7 Å². The summed E-state index contributed by atoms with van der Waals surface area (Å²) in [5.74, 6) is 2.10. The van der Waals surface area contributed by atoms with Crippen molar-refractivity contribution < 1.29 is 23.7 Å². The lowest BCUT2D eigenvalue weighted by atomic mass is 10.1. The van der Waals surface area contributed by atoms with E-state index in [0.717, 1.165) is 30.1 Å². The van der Waals surface area contributed by atoms with Crippen LogP contribution >= 0.6 is 0 Å². The van der Waals surface area contributed by atoms with Gasteiger partial charge in [-0.05, 0) is 55.5 Å². The second-order valence-electron chi connectivity index (χ2n) is 9.15. The van der Waals surface area contributed by atoms with Crippen LogP contribution in [0.15, 0.2) is 60.9 Å². The number of benzene rings is 2. The minimum atomic E-state index is -0.547. The molecule has 0 atom stereocenters. The molecule has 0 aliphatic carbocycles. The van der Waals surface area contributed by atoms with Crippen LogP contribution in [0.3, 0.4) is 0 Å². The van der Waals surface area contributed by atoms with Crippen molar-refractivity contribution in [1.82, 2.24) is 14.5 Å². The van der Waals surface area contributed by atoms with E-state index in [1.165, 1.54) is 6.20 Å². The Morgan fingerprint density at radius 3 is 2.42 bits per heavy atom. The van der Waals surface area contributed by atoms with E-state index >= 15 is 0 Å². The maximum atomic E-state index is 12.5. The van der Waals surface area contributed by atoms with E-state index in [-0.39, 0.29) is 6.61 Å². The molecule has 0 spiro atoms. The van der Waals surface area contributed by atoms with Gasteiger partial charge in [0, 0.05) is 30.9 Å².